The number of nitrogens with zero attached hydrogens (tertiary/aromatic N) is 2. The van der Waals surface area contributed by atoms with Gasteiger partial charge in [-0.1, -0.05) is 0 Å². The van der Waals surface area contributed by atoms with Crippen LogP contribution in [0.2, 0.25) is 0 Å². The molecule has 0 spiro atoms. The van der Waals surface area contributed by atoms with Gasteiger partial charge in [-0.2, -0.15) is 0 Å². The van der Waals surface area contributed by atoms with Crippen molar-refractivity contribution in [1.29, 1.82) is 0 Å². The number of carbonyl (C=O) groups is 2. The summed E-state index contributed by atoms with van der Waals surface area (Å²) < 4.78 is 47.8. The molecule has 1 aliphatic rings. The second kappa shape index (κ2) is 8.14. The Morgan fingerprint density at radius 1 is 1.30 bits per heavy atom. The summed E-state index contributed by atoms with van der Waals surface area (Å²) in [6.07, 6.45) is -0.698. The molecule has 0 bridgehead atoms. The molecule has 1 aromatic heterocycles. The number of hydrogen-bond donors (Lipinski definition) is 4. The Morgan fingerprint density at radius 2 is 2.00 bits per heavy atom. The van der Waals surface area contributed by atoms with Crippen molar-refractivity contribution in [3.63, 3.8) is 0 Å². The highest BCUT2D eigenvalue weighted by Crippen LogP contribution is 2.49. The zero-order valence-corrected chi connectivity index (χ0v) is 15.7. The van der Waals surface area contributed by atoms with Crippen molar-refractivity contribution in [3.8, 4) is 5.88 Å². The number of nitrogens with two attached hydrogens (primary N) is 2. The maximum Gasteiger partial charge on any atom is 0.313 e. The number of benzene rings is 1. The molecule has 0 aliphatic heterocycles. The summed E-state index contributed by atoms with van der Waals surface area (Å²) in [6.45, 7) is 0. The summed E-state index contributed by atoms with van der Waals surface area (Å²) >= 11 is 0. The van der Waals surface area contributed by atoms with E-state index in [-0.39, 0.29) is 23.7 Å². The van der Waals surface area contributed by atoms with Gasteiger partial charge in [0.05, 0.1) is 19.5 Å². The lowest BCUT2D eigenvalue weighted by Crippen LogP contribution is -2.56. The summed E-state index contributed by atoms with van der Waals surface area (Å²) in [5.41, 5.74) is 7.77. The molecule has 0 saturated heterocycles. The van der Waals surface area contributed by atoms with Crippen LogP contribution < -0.4 is 26.8 Å². The number of alkyl halides is 2. The maximum atomic E-state index is 14.6. The first-order valence-electron chi connectivity index (χ1n) is 8.77. The highest BCUT2D eigenvalue weighted by molar-refractivity contribution is 6.02. The molecular weight excluding hydrogens is 405 g/mol. The van der Waals surface area contributed by atoms with Crippen LogP contribution in [0.1, 0.15) is 22.5 Å². The van der Waals surface area contributed by atoms with Crippen molar-refractivity contribution in [2.45, 2.75) is 24.4 Å². The lowest BCUT2D eigenvalue weighted by molar-refractivity contribution is 0.0171. The average Bonchev–Trinajstić information content (AvgIpc) is 3.44. The van der Waals surface area contributed by atoms with E-state index in [0.717, 1.165) is 18.3 Å². The minimum Gasteiger partial charge on any atom is -0.480 e. The molecule has 1 heterocycles. The largest absolute Gasteiger partial charge is 0.480 e. The van der Waals surface area contributed by atoms with E-state index >= 15 is 0 Å². The van der Waals surface area contributed by atoms with Gasteiger partial charge in [-0.25, -0.2) is 27.9 Å². The molecule has 160 valence electrons. The van der Waals surface area contributed by atoms with Gasteiger partial charge in [0, 0.05) is 23.2 Å². The molecule has 0 unspecified atom stereocenters. The van der Waals surface area contributed by atoms with E-state index in [1.54, 1.807) is 0 Å². The van der Waals surface area contributed by atoms with Gasteiger partial charge in [0.15, 0.2) is 0 Å². The first kappa shape index (κ1) is 21.3. The van der Waals surface area contributed by atoms with Gasteiger partial charge < -0.3 is 26.8 Å². The van der Waals surface area contributed by atoms with Gasteiger partial charge in [-0.05, 0) is 24.6 Å². The summed E-state index contributed by atoms with van der Waals surface area (Å²) in [4.78, 5) is 31.5. The van der Waals surface area contributed by atoms with Crippen LogP contribution in [0, 0.1) is 11.7 Å². The van der Waals surface area contributed by atoms with Crippen molar-refractivity contribution in [1.82, 2.24) is 15.3 Å². The van der Waals surface area contributed by atoms with Crippen molar-refractivity contribution in [3.05, 3.63) is 47.7 Å². The molecular formula is C18H19F3N6O3. The molecule has 0 radical (unpaired) electrons. The molecule has 30 heavy (non-hydrogen) atoms. The summed E-state index contributed by atoms with van der Waals surface area (Å²) in [6, 6.07) is 1.17. The molecule has 3 amide bonds. The number of rotatable bonds is 7. The van der Waals surface area contributed by atoms with Crippen molar-refractivity contribution in [2.75, 3.05) is 12.4 Å². The van der Waals surface area contributed by atoms with E-state index in [1.165, 1.54) is 19.4 Å². The van der Waals surface area contributed by atoms with Gasteiger partial charge in [-0.3, -0.25) is 4.79 Å². The maximum absolute atomic E-state index is 14.6. The van der Waals surface area contributed by atoms with Gasteiger partial charge in [0.2, 0.25) is 5.88 Å². The van der Waals surface area contributed by atoms with Crippen LogP contribution in [0.4, 0.5) is 23.7 Å². The Balaban J connectivity index is 1.96. The fourth-order valence-electron chi connectivity index (χ4n) is 3.29. The predicted octanol–water partition coefficient (Wildman–Crippen LogP) is 1.35. The minimum atomic E-state index is -3.21. The molecule has 3 atom stereocenters. The van der Waals surface area contributed by atoms with Crippen LogP contribution in [-0.4, -0.2) is 41.5 Å². The number of nitrogens with one attached hydrogen (secondary N) is 2. The van der Waals surface area contributed by atoms with E-state index in [2.05, 4.69) is 15.3 Å². The SMILES string of the molecule is COc1cnc(C(=O)Nc2ccc(F)c([C@](NC(N)=O)(C(F)F)[C@H]3C[C@H]3N)c2)cn1. The number of carbonyl (C=O) groups excluding carboxylic acids is 2. The molecule has 9 nitrogen and oxygen atoms in total. The third kappa shape index (κ3) is 3.99. The van der Waals surface area contributed by atoms with E-state index < -0.39 is 47.2 Å². The highest BCUT2D eigenvalue weighted by atomic mass is 19.3. The molecule has 2 aromatic rings. The second-order valence-electron chi connectivity index (χ2n) is 6.76. The predicted molar refractivity (Wildman–Crippen MR) is 99.4 cm³/mol. The van der Waals surface area contributed by atoms with Crippen LogP contribution in [0.3, 0.4) is 0 Å². The second-order valence-corrected chi connectivity index (χ2v) is 6.76. The number of halogens is 3. The molecule has 1 aliphatic carbocycles. The summed E-state index contributed by atoms with van der Waals surface area (Å²) in [7, 11) is 1.38. The normalized spacial score (nSPS) is 19.7. The Bertz CT molecular complexity index is 959. The van der Waals surface area contributed by atoms with Crippen molar-refractivity contribution in [2.24, 2.45) is 17.4 Å². The summed E-state index contributed by atoms with van der Waals surface area (Å²) in [5, 5.41) is 4.42. The highest BCUT2D eigenvalue weighted by Gasteiger charge is 2.59. The Labute approximate surface area is 169 Å². The number of urea groups is 1. The van der Waals surface area contributed by atoms with Crippen LogP contribution in [0.25, 0.3) is 0 Å². The number of primary amides is 1. The fourth-order valence-corrected chi connectivity index (χ4v) is 3.29. The van der Waals surface area contributed by atoms with Crippen LogP contribution in [0.15, 0.2) is 30.6 Å². The number of ether oxygens (including phenoxy) is 1. The van der Waals surface area contributed by atoms with Gasteiger partial charge >= 0.3 is 6.03 Å². The van der Waals surface area contributed by atoms with Crippen molar-refractivity contribution < 1.29 is 27.5 Å². The van der Waals surface area contributed by atoms with Gasteiger partial charge in [-0.15, -0.1) is 0 Å². The molecule has 12 heteroatoms. The molecule has 1 saturated carbocycles. The minimum absolute atomic E-state index is 0.000431. The fraction of sp³-hybridized carbons (Fsp3) is 0.333. The average molecular weight is 424 g/mol. The number of anilines is 1. The van der Waals surface area contributed by atoms with Gasteiger partial charge in [0.25, 0.3) is 12.3 Å². The number of aromatic nitrogens is 2. The van der Waals surface area contributed by atoms with E-state index in [9.17, 15) is 22.8 Å². The molecule has 6 N–H and O–H groups in total. The lowest BCUT2D eigenvalue weighted by Gasteiger charge is -2.35. The van der Waals surface area contributed by atoms with Crippen LogP contribution >= 0.6 is 0 Å². The molecule has 3 rings (SSSR count). The Kier molecular flexibility index (Phi) is 5.78. The summed E-state index contributed by atoms with van der Waals surface area (Å²) in [5.74, 6) is -2.46. The monoisotopic (exact) mass is 424 g/mol. The quantitative estimate of drug-likeness (QED) is 0.528. The van der Waals surface area contributed by atoms with Crippen molar-refractivity contribution >= 4 is 17.6 Å². The van der Waals surface area contributed by atoms with Gasteiger partial charge in [0.1, 0.15) is 17.1 Å². The number of hydrogen-bond acceptors (Lipinski definition) is 6. The van der Waals surface area contributed by atoms with Crippen LogP contribution in [-0.2, 0) is 5.54 Å². The first-order chi connectivity index (χ1) is 14.2. The Morgan fingerprint density at radius 3 is 2.50 bits per heavy atom. The standard InChI is InChI=1S/C18H19F3N6O3/c1-30-14-7-24-13(6-25-14)15(28)26-8-2-3-11(19)9(4-8)18(16(20)21,27-17(23)29)10-5-12(10)22/h2-4,6-7,10,12,16H,5,22H2,1H3,(H,26,28)(H3,23,27,29)/t10-,12+,18+/m0/s1. The number of amides is 3. The zero-order chi connectivity index (χ0) is 22.1. The molecule has 1 aromatic carbocycles. The Hall–Kier alpha value is -3.41. The number of methoxy groups -OCH3 is 1. The zero-order valence-electron chi connectivity index (χ0n) is 15.7. The van der Waals surface area contributed by atoms with E-state index in [4.69, 9.17) is 16.2 Å². The third-order valence-electron chi connectivity index (χ3n) is 4.84. The van der Waals surface area contributed by atoms with Crippen LogP contribution in [0.5, 0.6) is 5.88 Å². The molecule has 1 fully saturated rings. The smallest absolute Gasteiger partial charge is 0.313 e. The third-order valence-corrected chi connectivity index (χ3v) is 4.84. The van der Waals surface area contributed by atoms with E-state index in [0.29, 0.717) is 0 Å². The van der Waals surface area contributed by atoms with E-state index in [1.807, 2.05) is 5.32 Å². The topological polar surface area (TPSA) is 145 Å². The first-order valence-corrected chi connectivity index (χ1v) is 8.77. The lowest BCUT2D eigenvalue weighted by atomic mass is 9.84.